The number of ether oxygens (including phenoxy) is 4. The summed E-state index contributed by atoms with van der Waals surface area (Å²) < 4.78 is 31.9. The van der Waals surface area contributed by atoms with Crippen LogP contribution in [0.1, 0.15) is 117 Å². The van der Waals surface area contributed by atoms with Gasteiger partial charge in [-0.05, 0) is 116 Å². The smallest absolute Gasteiger partial charge is 0.191 e. The van der Waals surface area contributed by atoms with Crippen molar-refractivity contribution in [1.82, 2.24) is 4.98 Å². The second kappa shape index (κ2) is 13.0. The third-order valence-electron chi connectivity index (χ3n) is 15.7. The monoisotopic (exact) mass is 735 g/mol. The van der Waals surface area contributed by atoms with Crippen LogP contribution < -0.4 is 0 Å². The summed E-state index contributed by atoms with van der Waals surface area (Å²) in [5, 5.41) is 12.5. The van der Waals surface area contributed by atoms with E-state index in [0.717, 1.165) is 58.3 Å². The normalized spacial score (nSPS) is 34.3. The standard InChI is InChI=1S/C44H69NO6Si/c1-39(2,3)52(11,12)51-24-29-19-28-13-16-35-33(37(28)38-32(29)20-34(38)41(6,7)50-27-47-10)21-36(45-35)43(9)31(23-46)15-14-30-22-44(18-17-42(30,43)8)48-25-40(4,5)26-49-44/h13-14,16,21,29,31-32,34,38,45-46H,15,17-20,22-27H2,1-12H3/t29-,31+,32-,34+,38+,42+,43-/m1/s1. The molecule has 7 rings (SSSR count). The molecule has 7 nitrogen and oxygen atoms in total. The number of allylic oxidation sites excluding steroid dienone is 1. The fourth-order valence-corrected chi connectivity index (χ4v) is 11.8. The fourth-order valence-electron chi connectivity index (χ4n) is 10.7. The van der Waals surface area contributed by atoms with Gasteiger partial charge in [-0.1, -0.05) is 66.2 Å². The summed E-state index contributed by atoms with van der Waals surface area (Å²) in [6.45, 7) is 28.3. The molecule has 2 aromatic rings. The van der Waals surface area contributed by atoms with Crippen molar-refractivity contribution in [1.29, 1.82) is 0 Å². The van der Waals surface area contributed by atoms with Gasteiger partial charge in [-0.3, -0.25) is 0 Å². The highest BCUT2D eigenvalue weighted by molar-refractivity contribution is 6.74. The first-order valence-electron chi connectivity index (χ1n) is 20.2. The molecule has 290 valence electrons. The minimum atomic E-state index is -1.89. The summed E-state index contributed by atoms with van der Waals surface area (Å²) in [6.07, 6.45) is 8.06. The van der Waals surface area contributed by atoms with Gasteiger partial charge in [0.2, 0.25) is 0 Å². The van der Waals surface area contributed by atoms with Gasteiger partial charge in [0.25, 0.3) is 0 Å². The number of rotatable bonds is 9. The Kier molecular flexibility index (Phi) is 9.70. The molecule has 1 spiro atoms. The number of hydrogen-bond donors (Lipinski definition) is 2. The lowest BCUT2D eigenvalue weighted by molar-refractivity contribution is -0.310. The first-order chi connectivity index (χ1) is 24.2. The molecule has 1 saturated heterocycles. The van der Waals surface area contributed by atoms with Crippen molar-refractivity contribution in [2.45, 2.75) is 142 Å². The predicted molar refractivity (Wildman–Crippen MR) is 211 cm³/mol. The van der Waals surface area contributed by atoms with E-state index < -0.39 is 14.1 Å². The number of benzene rings is 1. The SMILES string of the molecule is COCOC(C)(C)[C@H]1C[C@@H]2[C@@H](CO[Si](C)(C)C(C)(C)C)Cc3ccc4[nH]c([C@@]5(C)[C@H](CO)CC=C6CC7(CC[C@@]65C)OCC(C)(C)CO7)cc4c3[C@@H]21. The van der Waals surface area contributed by atoms with Crippen LogP contribution in [0.2, 0.25) is 18.1 Å². The Morgan fingerprint density at radius 2 is 1.73 bits per heavy atom. The zero-order valence-electron chi connectivity index (χ0n) is 34.5. The molecule has 2 heterocycles. The zero-order valence-corrected chi connectivity index (χ0v) is 35.5. The van der Waals surface area contributed by atoms with Crippen molar-refractivity contribution in [3.05, 3.63) is 46.7 Å². The van der Waals surface area contributed by atoms with Crippen molar-refractivity contribution in [2.75, 3.05) is 40.3 Å². The molecule has 1 aliphatic heterocycles. The molecule has 1 aromatic heterocycles. The van der Waals surface area contributed by atoms with Gasteiger partial charge < -0.3 is 33.5 Å². The Bertz CT molecular complexity index is 1670. The quantitative estimate of drug-likeness (QED) is 0.152. The van der Waals surface area contributed by atoms with Gasteiger partial charge in [0.05, 0.1) is 18.8 Å². The highest BCUT2D eigenvalue weighted by Crippen LogP contribution is 2.64. The molecule has 3 fully saturated rings. The lowest BCUT2D eigenvalue weighted by Gasteiger charge is -2.59. The van der Waals surface area contributed by atoms with E-state index in [0.29, 0.717) is 30.5 Å². The van der Waals surface area contributed by atoms with Gasteiger partial charge in [-0.15, -0.1) is 0 Å². The number of methoxy groups -OCH3 is 1. The van der Waals surface area contributed by atoms with Crippen LogP contribution in [-0.4, -0.2) is 70.1 Å². The third-order valence-corrected chi connectivity index (χ3v) is 20.2. The van der Waals surface area contributed by atoms with E-state index in [9.17, 15) is 5.11 Å². The number of aromatic amines is 1. The van der Waals surface area contributed by atoms with Crippen LogP contribution in [0, 0.1) is 34.5 Å². The van der Waals surface area contributed by atoms with Crippen molar-refractivity contribution >= 4 is 19.2 Å². The summed E-state index contributed by atoms with van der Waals surface area (Å²) in [4.78, 5) is 4.01. The third kappa shape index (κ3) is 6.13. The van der Waals surface area contributed by atoms with E-state index in [2.05, 4.69) is 105 Å². The summed E-state index contributed by atoms with van der Waals surface area (Å²) in [5.74, 6) is 1.37. The highest BCUT2D eigenvalue weighted by atomic mass is 28.4. The predicted octanol–water partition coefficient (Wildman–Crippen LogP) is 9.64. The molecule has 0 radical (unpaired) electrons. The van der Waals surface area contributed by atoms with Gasteiger partial charge in [0.1, 0.15) is 6.79 Å². The van der Waals surface area contributed by atoms with Crippen LogP contribution in [-0.2, 0) is 35.2 Å². The number of hydrogen-bond acceptors (Lipinski definition) is 6. The van der Waals surface area contributed by atoms with Crippen molar-refractivity contribution in [2.24, 2.45) is 34.5 Å². The topological polar surface area (TPSA) is 82.2 Å². The largest absolute Gasteiger partial charge is 0.417 e. The summed E-state index contributed by atoms with van der Waals surface area (Å²) in [6, 6.07) is 7.22. The first kappa shape index (κ1) is 38.7. The molecule has 2 saturated carbocycles. The van der Waals surface area contributed by atoms with Crippen molar-refractivity contribution in [3.63, 3.8) is 0 Å². The molecular weight excluding hydrogens is 667 g/mol. The summed E-state index contributed by atoms with van der Waals surface area (Å²) in [7, 11) is -0.174. The van der Waals surface area contributed by atoms with Gasteiger partial charge in [-0.2, -0.15) is 0 Å². The summed E-state index contributed by atoms with van der Waals surface area (Å²) >= 11 is 0. The van der Waals surface area contributed by atoms with E-state index in [1.54, 1.807) is 7.11 Å². The molecule has 2 N–H and O–H groups in total. The second-order valence-electron chi connectivity index (χ2n) is 20.7. The Morgan fingerprint density at radius 3 is 2.38 bits per heavy atom. The lowest BCUT2D eigenvalue weighted by Crippen LogP contribution is -2.58. The fraction of sp³-hybridized carbons (Fsp3) is 0.773. The van der Waals surface area contributed by atoms with E-state index in [1.807, 2.05) is 0 Å². The van der Waals surface area contributed by atoms with Gasteiger partial charge in [0, 0.05) is 60.6 Å². The number of H-pyrrole nitrogens is 1. The number of aromatic nitrogens is 1. The first-order valence-corrected chi connectivity index (χ1v) is 23.1. The Morgan fingerprint density at radius 1 is 1.02 bits per heavy atom. The van der Waals surface area contributed by atoms with Crippen LogP contribution in [0.5, 0.6) is 0 Å². The molecule has 0 amide bonds. The Hall–Kier alpha value is -1.52. The maximum Gasteiger partial charge on any atom is 0.191 e. The highest BCUT2D eigenvalue weighted by Gasteiger charge is 2.60. The van der Waals surface area contributed by atoms with Crippen molar-refractivity contribution in [3.8, 4) is 0 Å². The maximum absolute atomic E-state index is 11.0. The Labute approximate surface area is 315 Å². The number of aliphatic hydroxyl groups excluding tert-OH is 1. The maximum atomic E-state index is 11.0. The molecule has 7 atom stereocenters. The van der Waals surface area contributed by atoms with Crippen LogP contribution in [0.15, 0.2) is 29.8 Å². The molecule has 0 bridgehead atoms. The second-order valence-corrected chi connectivity index (χ2v) is 25.5. The van der Waals surface area contributed by atoms with E-state index in [-0.39, 0.29) is 39.4 Å². The molecule has 52 heavy (non-hydrogen) atoms. The van der Waals surface area contributed by atoms with Crippen LogP contribution >= 0.6 is 0 Å². The molecule has 0 unspecified atom stereocenters. The molecule has 5 aliphatic rings. The Balaban J connectivity index is 1.27. The van der Waals surface area contributed by atoms with E-state index in [4.69, 9.17) is 23.4 Å². The molecule has 8 heteroatoms. The summed E-state index contributed by atoms with van der Waals surface area (Å²) in [5.41, 5.74) is 6.12. The molecule has 1 aromatic carbocycles. The van der Waals surface area contributed by atoms with Crippen molar-refractivity contribution < 1.29 is 28.5 Å². The van der Waals surface area contributed by atoms with Gasteiger partial charge >= 0.3 is 0 Å². The molecule has 4 aliphatic carbocycles. The minimum absolute atomic E-state index is 0.0360. The number of fused-ring (bicyclic) bond motifs is 6. The van der Waals surface area contributed by atoms with Crippen LogP contribution in [0.25, 0.3) is 10.9 Å². The molecular formula is C44H69NO6Si. The minimum Gasteiger partial charge on any atom is -0.417 e. The van der Waals surface area contributed by atoms with Gasteiger partial charge in [-0.25, -0.2) is 0 Å². The zero-order chi connectivity index (χ0) is 37.7. The number of nitrogens with one attached hydrogen (secondary N) is 1. The van der Waals surface area contributed by atoms with E-state index in [1.165, 1.54) is 33.3 Å². The van der Waals surface area contributed by atoms with Crippen LogP contribution in [0.3, 0.4) is 0 Å². The average molecular weight is 736 g/mol. The lowest BCUT2D eigenvalue weighted by atomic mass is 9.47. The van der Waals surface area contributed by atoms with Crippen LogP contribution in [0.4, 0.5) is 0 Å². The van der Waals surface area contributed by atoms with Gasteiger partial charge in [0.15, 0.2) is 14.1 Å². The van der Waals surface area contributed by atoms with E-state index >= 15 is 0 Å². The average Bonchev–Trinajstić information content (AvgIpc) is 3.50. The number of aliphatic hydroxyl groups is 1.